The number of hydrogen-bond donors (Lipinski definition) is 1. The van der Waals surface area contributed by atoms with E-state index in [-0.39, 0.29) is 16.7 Å². The van der Waals surface area contributed by atoms with Crippen LogP contribution in [0.2, 0.25) is 0 Å². The molecule has 7 nitrogen and oxygen atoms in total. The van der Waals surface area contributed by atoms with E-state index in [2.05, 4.69) is 0 Å². The zero-order valence-corrected chi connectivity index (χ0v) is 14.8. The summed E-state index contributed by atoms with van der Waals surface area (Å²) in [6.07, 6.45) is 0. The number of aromatic carboxylic acids is 1. The van der Waals surface area contributed by atoms with Crippen LogP contribution < -0.4 is 9.64 Å². The number of carbonyl (C=O) groups excluding carboxylic acids is 2. The summed E-state index contributed by atoms with van der Waals surface area (Å²) in [5.41, 5.74) is 1.04. The van der Waals surface area contributed by atoms with E-state index in [4.69, 9.17) is 15.1 Å². The minimum Gasteiger partial charge on any atom is -0.478 e. The van der Waals surface area contributed by atoms with Gasteiger partial charge in [-0.1, -0.05) is 0 Å². The van der Waals surface area contributed by atoms with Crippen LogP contribution in [0.1, 0.15) is 36.6 Å². The summed E-state index contributed by atoms with van der Waals surface area (Å²) in [6, 6.07) is 18.8. The largest absolute Gasteiger partial charge is 0.478 e. The second kappa shape index (κ2) is 6.94. The van der Waals surface area contributed by atoms with Crippen LogP contribution in [0.5, 0.6) is 11.5 Å². The maximum Gasteiger partial charge on any atom is 0.335 e. The average Bonchev–Trinajstić information content (AvgIpc) is 2.99. The maximum atomic E-state index is 12.7. The fourth-order valence-electron chi connectivity index (χ4n) is 3.01. The molecule has 7 heteroatoms. The van der Waals surface area contributed by atoms with Gasteiger partial charge in [-0.05, 0) is 66.7 Å². The SMILES string of the molecule is N#Cc1ccc(Oc2ccc(N3C(=O)c4ccc(C(=O)O)cc4C3=O)cc2)cc1. The molecule has 0 unspecified atom stereocenters. The van der Waals surface area contributed by atoms with Crippen molar-refractivity contribution in [2.24, 2.45) is 0 Å². The van der Waals surface area contributed by atoms with E-state index in [1.807, 2.05) is 6.07 Å². The van der Waals surface area contributed by atoms with Gasteiger partial charge in [-0.15, -0.1) is 0 Å². The molecule has 0 radical (unpaired) electrons. The minimum absolute atomic E-state index is 0.0575. The van der Waals surface area contributed by atoms with Crippen LogP contribution in [0.3, 0.4) is 0 Å². The molecule has 3 aromatic rings. The molecule has 0 saturated heterocycles. The first-order valence-corrected chi connectivity index (χ1v) is 8.52. The van der Waals surface area contributed by atoms with Crippen LogP contribution in [0.4, 0.5) is 5.69 Å². The first-order chi connectivity index (χ1) is 14.0. The molecule has 0 spiro atoms. The van der Waals surface area contributed by atoms with Crippen LogP contribution in [-0.2, 0) is 0 Å². The van der Waals surface area contributed by atoms with Gasteiger partial charge >= 0.3 is 5.97 Å². The molecule has 1 N–H and O–H groups in total. The Hall–Kier alpha value is -4.44. The fourth-order valence-corrected chi connectivity index (χ4v) is 3.01. The number of carboxylic acids is 1. The second-order valence-corrected chi connectivity index (χ2v) is 6.24. The van der Waals surface area contributed by atoms with E-state index in [0.29, 0.717) is 22.7 Å². The zero-order valence-electron chi connectivity index (χ0n) is 14.8. The van der Waals surface area contributed by atoms with Crippen molar-refractivity contribution >= 4 is 23.5 Å². The molecule has 0 atom stereocenters. The fraction of sp³-hybridized carbons (Fsp3) is 0. The van der Waals surface area contributed by atoms with Gasteiger partial charge in [0, 0.05) is 0 Å². The normalized spacial score (nSPS) is 12.4. The molecule has 0 fully saturated rings. The van der Waals surface area contributed by atoms with Gasteiger partial charge < -0.3 is 9.84 Å². The summed E-state index contributed by atoms with van der Waals surface area (Å²) in [6.45, 7) is 0. The predicted octanol–water partition coefficient (Wildman–Crippen LogP) is 3.85. The second-order valence-electron chi connectivity index (χ2n) is 6.24. The van der Waals surface area contributed by atoms with E-state index in [1.54, 1.807) is 48.5 Å². The molecule has 0 bridgehead atoms. The van der Waals surface area contributed by atoms with Gasteiger partial charge in [-0.25, -0.2) is 9.69 Å². The number of benzene rings is 3. The third-order valence-electron chi connectivity index (χ3n) is 4.45. The van der Waals surface area contributed by atoms with Crippen molar-refractivity contribution in [3.63, 3.8) is 0 Å². The van der Waals surface area contributed by atoms with E-state index in [0.717, 1.165) is 4.90 Å². The topological polar surface area (TPSA) is 108 Å². The van der Waals surface area contributed by atoms with Crippen molar-refractivity contribution in [1.82, 2.24) is 0 Å². The molecule has 29 heavy (non-hydrogen) atoms. The molecule has 0 saturated carbocycles. The Morgan fingerprint density at radius 3 is 2.03 bits per heavy atom. The number of nitriles is 1. The summed E-state index contributed by atoms with van der Waals surface area (Å²) < 4.78 is 5.69. The Labute approximate surface area is 165 Å². The average molecular weight is 384 g/mol. The summed E-state index contributed by atoms with van der Waals surface area (Å²) in [4.78, 5) is 37.4. The van der Waals surface area contributed by atoms with Crippen LogP contribution in [0, 0.1) is 11.3 Å². The molecule has 3 aromatic carbocycles. The molecule has 1 aliphatic rings. The van der Waals surface area contributed by atoms with Crippen LogP contribution in [0.25, 0.3) is 0 Å². The van der Waals surface area contributed by atoms with Gasteiger partial charge in [0.2, 0.25) is 0 Å². The quantitative estimate of drug-likeness (QED) is 0.685. The van der Waals surface area contributed by atoms with E-state index < -0.39 is 17.8 Å². The Balaban J connectivity index is 1.57. The summed E-state index contributed by atoms with van der Waals surface area (Å²) in [7, 11) is 0. The smallest absolute Gasteiger partial charge is 0.335 e. The number of anilines is 1. The Morgan fingerprint density at radius 1 is 0.862 bits per heavy atom. The lowest BCUT2D eigenvalue weighted by Gasteiger charge is -2.14. The van der Waals surface area contributed by atoms with Crippen molar-refractivity contribution in [2.45, 2.75) is 0 Å². The molecule has 4 rings (SSSR count). The number of carboxylic acid groups (broad SMARTS) is 1. The van der Waals surface area contributed by atoms with Gasteiger partial charge in [0.05, 0.1) is 34.0 Å². The lowest BCUT2D eigenvalue weighted by atomic mass is 10.1. The summed E-state index contributed by atoms with van der Waals surface area (Å²) in [5, 5.41) is 17.9. The summed E-state index contributed by atoms with van der Waals surface area (Å²) in [5.74, 6) is -1.23. The molecular weight excluding hydrogens is 372 g/mol. The number of hydrogen-bond acceptors (Lipinski definition) is 5. The lowest BCUT2D eigenvalue weighted by Crippen LogP contribution is -2.29. The van der Waals surface area contributed by atoms with Gasteiger partial charge in [0.15, 0.2) is 0 Å². The van der Waals surface area contributed by atoms with E-state index >= 15 is 0 Å². The number of fused-ring (bicyclic) bond motifs is 1. The molecular formula is C22H12N2O5. The Bertz CT molecular complexity index is 1190. The van der Waals surface area contributed by atoms with Gasteiger partial charge in [0.25, 0.3) is 11.8 Å². The summed E-state index contributed by atoms with van der Waals surface area (Å²) >= 11 is 0. The van der Waals surface area contributed by atoms with Gasteiger partial charge in [0.1, 0.15) is 11.5 Å². The number of nitrogens with zero attached hydrogens (tertiary/aromatic N) is 2. The molecule has 0 aromatic heterocycles. The van der Waals surface area contributed by atoms with Gasteiger partial charge in [-0.2, -0.15) is 5.26 Å². The third-order valence-corrected chi connectivity index (χ3v) is 4.45. The van der Waals surface area contributed by atoms with Gasteiger partial charge in [-0.3, -0.25) is 9.59 Å². The predicted molar refractivity (Wildman–Crippen MR) is 102 cm³/mol. The molecule has 1 aliphatic heterocycles. The monoisotopic (exact) mass is 384 g/mol. The highest BCUT2D eigenvalue weighted by molar-refractivity contribution is 6.34. The van der Waals surface area contributed by atoms with Crippen molar-refractivity contribution < 1.29 is 24.2 Å². The van der Waals surface area contributed by atoms with Crippen molar-refractivity contribution in [2.75, 3.05) is 4.90 Å². The minimum atomic E-state index is -1.17. The first-order valence-electron chi connectivity index (χ1n) is 8.52. The highest BCUT2D eigenvalue weighted by Gasteiger charge is 2.37. The van der Waals surface area contributed by atoms with Crippen LogP contribution in [0.15, 0.2) is 66.7 Å². The number of ether oxygens (including phenoxy) is 1. The Morgan fingerprint density at radius 2 is 1.45 bits per heavy atom. The van der Waals surface area contributed by atoms with Crippen molar-refractivity contribution in [3.8, 4) is 17.6 Å². The molecule has 2 amide bonds. The maximum absolute atomic E-state index is 12.7. The molecule has 1 heterocycles. The standard InChI is InChI=1S/C22H12N2O5/c23-12-13-1-6-16(7-2-13)29-17-8-4-15(5-9-17)24-20(25)18-10-3-14(22(27)28)11-19(18)21(24)26/h1-11H,(H,27,28). The van der Waals surface area contributed by atoms with Crippen molar-refractivity contribution in [1.29, 1.82) is 5.26 Å². The number of imide groups is 1. The van der Waals surface area contributed by atoms with E-state index in [1.165, 1.54) is 18.2 Å². The molecule has 140 valence electrons. The Kier molecular flexibility index (Phi) is 4.30. The van der Waals surface area contributed by atoms with Crippen LogP contribution in [-0.4, -0.2) is 22.9 Å². The first kappa shape index (κ1) is 17.9. The van der Waals surface area contributed by atoms with E-state index in [9.17, 15) is 14.4 Å². The number of amides is 2. The highest BCUT2D eigenvalue weighted by atomic mass is 16.5. The van der Waals surface area contributed by atoms with Crippen molar-refractivity contribution in [3.05, 3.63) is 89.0 Å². The highest BCUT2D eigenvalue weighted by Crippen LogP contribution is 2.31. The lowest BCUT2D eigenvalue weighted by molar-refractivity contribution is 0.0696. The number of carbonyl (C=O) groups is 3. The van der Waals surface area contributed by atoms with Crippen LogP contribution >= 0.6 is 0 Å². The third kappa shape index (κ3) is 3.19. The number of rotatable bonds is 4. The zero-order chi connectivity index (χ0) is 20.5. The molecule has 0 aliphatic carbocycles.